The van der Waals surface area contributed by atoms with Crippen LogP contribution in [0.3, 0.4) is 0 Å². The smallest absolute Gasteiger partial charge is 0.252 e. The van der Waals surface area contributed by atoms with Gasteiger partial charge >= 0.3 is 0 Å². The van der Waals surface area contributed by atoms with Gasteiger partial charge in [-0.2, -0.15) is 0 Å². The van der Waals surface area contributed by atoms with Gasteiger partial charge in [-0.05, 0) is 24.7 Å². The Balaban J connectivity index is 1.59. The van der Waals surface area contributed by atoms with Crippen LogP contribution in [0.2, 0.25) is 5.02 Å². The van der Waals surface area contributed by atoms with Crippen LogP contribution >= 0.6 is 11.6 Å². The third kappa shape index (κ3) is 4.87. The molecule has 1 heterocycles. The topological polar surface area (TPSA) is 52.6 Å². The molecule has 2 aromatic rings. The summed E-state index contributed by atoms with van der Waals surface area (Å²) in [5, 5.41) is 3.20. The highest BCUT2D eigenvalue weighted by atomic mass is 35.5. The lowest BCUT2D eigenvalue weighted by Crippen LogP contribution is -2.49. The second-order valence-corrected chi connectivity index (χ2v) is 7.17. The molecule has 1 aliphatic heterocycles. The summed E-state index contributed by atoms with van der Waals surface area (Å²) >= 11 is 6.04. The first-order valence-electron chi connectivity index (χ1n) is 9.12. The molecule has 0 aromatic heterocycles. The van der Waals surface area contributed by atoms with Crippen LogP contribution in [0.5, 0.6) is 0 Å². The second kappa shape index (κ2) is 9.02. The fraction of sp³-hybridized carbons (Fsp3) is 0.333. The molecule has 142 valence electrons. The van der Waals surface area contributed by atoms with E-state index in [0.717, 1.165) is 18.7 Å². The van der Waals surface area contributed by atoms with Crippen LogP contribution in [0.25, 0.3) is 0 Å². The molecule has 0 aliphatic carbocycles. The summed E-state index contributed by atoms with van der Waals surface area (Å²) in [4.78, 5) is 29.2. The van der Waals surface area contributed by atoms with Gasteiger partial charge in [0.1, 0.15) is 0 Å². The minimum Gasteiger partial charge on any atom is -0.351 e. The number of rotatable bonds is 5. The highest BCUT2D eigenvalue weighted by Gasteiger charge is 2.29. The van der Waals surface area contributed by atoms with Gasteiger partial charge in [0.15, 0.2) is 0 Å². The van der Waals surface area contributed by atoms with Crippen LogP contribution < -0.4 is 5.32 Å². The van der Waals surface area contributed by atoms with E-state index in [1.165, 1.54) is 0 Å². The van der Waals surface area contributed by atoms with Crippen molar-refractivity contribution in [2.45, 2.75) is 12.5 Å². The number of likely N-dealkylation sites (N-methyl/N-ethyl adjacent to an activating group) is 1. The van der Waals surface area contributed by atoms with Gasteiger partial charge in [-0.1, -0.05) is 54.1 Å². The van der Waals surface area contributed by atoms with Crippen LogP contribution in [0.15, 0.2) is 54.6 Å². The SMILES string of the molecule is CN1CCN(C(=O)CCNC(=O)c2ccccc2Cl)[C@@H](c2ccccc2)C1. The van der Waals surface area contributed by atoms with Gasteiger partial charge < -0.3 is 15.1 Å². The van der Waals surface area contributed by atoms with E-state index in [1.54, 1.807) is 24.3 Å². The van der Waals surface area contributed by atoms with E-state index in [0.29, 0.717) is 17.1 Å². The maximum atomic E-state index is 12.8. The summed E-state index contributed by atoms with van der Waals surface area (Å²) in [7, 11) is 2.07. The number of nitrogens with one attached hydrogen (secondary N) is 1. The molecular formula is C21H24ClN3O2. The maximum absolute atomic E-state index is 12.8. The molecule has 1 atom stereocenters. The zero-order chi connectivity index (χ0) is 19.2. The van der Waals surface area contributed by atoms with Gasteiger partial charge in [-0.15, -0.1) is 0 Å². The number of hydrogen-bond acceptors (Lipinski definition) is 3. The lowest BCUT2D eigenvalue weighted by Gasteiger charge is -2.40. The molecule has 1 N–H and O–H groups in total. The lowest BCUT2D eigenvalue weighted by atomic mass is 10.0. The van der Waals surface area contributed by atoms with E-state index in [-0.39, 0.29) is 30.8 Å². The van der Waals surface area contributed by atoms with Crippen molar-refractivity contribution < 1.29 is 9.59 Å². The van der Waals surface area contributed by atoms with E-state index >= 15 is 0 Å². The Kier molecular flexibility index (Phi) is 6.48. The first kappa shape index (κ1) is 19.4. The Morgan fingerprint density at radius 2 is 1.78 bits per heavy atom. The summed E-state index contributed by atoms with van der Waals surface area (Å²) < 4.78 is 0. The predicted molar refractivity (Wildman–Crippen MR) is 107 cm³/mol. The summed E-state index contributed by atoms with van der Waals surface area (Å²) in [6.45, 7) is 2.63. The Morgan fingerprint density at radius 3 is 2.52 bits per heavy atom. The minimum atomic E-state index is -0.258. The molecule has 2 amide bonds. The van der Waals surface area contributed by atoms with E-state index in [9.17, 15) is 9.59 Å². The number of piperazine rings is 1. The molecule has 1 fully saturated rings. The van der Waals surface area contributed by atoms with Crippen molar-refractivity contribution in [3.05, 3.63) is 70.7 Å². The van der Waals surface area contributed by atoms with Gasteiger partial charge in [0.2, 0.25) is 5.91 Å². The van der Waals surface area contributed by atoms with Crippen molar-refractivity contribution in [1.82, 2.24) is 15.1 Å². The summed E-state index contributed by atoms with van der Waals surface area (Å²) in [6.07, 6.45) is 0.267. The molecule has 0 bridgehead atoms. The highest BCUT2D eigenvalue weighted by molar-refractivity contribution is 6.33. The van der Waals surface area contributed by atoms with Gasteiger partial charge in [-0.3, -0.25) is 9.59 Å². The molecule has 0 spiro atoms. The molecule has 3 rings (SSSR count). The third-order valence-corrected chi connectivity index (χ3v) is 5.16. The van der Waals surface area contributed by atoms with Crippen LogP contribution in [0.4, 0.5) is 0 Å². The lowest BCUT2D eigenvalue weighted by molar-refractivity contribution is -0.136. The van der Waals surface area contributed by atoms with Crippen molar-refractivity contribution in [3.8, 4) is 0 Å². The second-order valence-electron chi connectivity index (χ2n) is 6.76. The van der Waals surface area contributed by atoms with Gasteiger partial charge in [0.05, 0.1) is 16.6 Å². The van der Waals surface area contributed by atoms with Gasteiger partial charge in [-0.25, -0.2) is 0 Å². The number of nitrogens with zero attached hydrogens (tertiary/aromatic N) is 2. The van der Waals surface area contributed by atoms with Crippen LogP contribution in [0.1, 0.15) is 28.4 Å². The Hall–Kier alpha value is -2.37. The molecular weight excluding hydrogens is 362 g/mol. The van der Waals surface area contributed by atoms with Crippen molar-refractivity contribution in [1.29, 1.82) is 0 Å². The molecule has 1 saturated heterocycles. The molecule has 0 unspecified atom stereocenters. The van der Waals surface area contributed by atoms with Gasteiger partial charge in [0, 0.05) is 32.6 Å². The van der Waals surface area contributed by atoms with Crippen molar-refractivity contribution in [3.63, 3.8) is 0 Å². The number of carbonyl (C=O) groups is 2. The number of amides is 2. The first-order valence-corrected chi connectivity index (χ1v) is 9.49. The normalized spacial score (nSPS) is 17.6. The van der Waals surface area contributed by atoms with Crippen LogP contribution in [-0.4, -0.2) is 54.8 Å². The Bertz CT molecular complexity index is 797. The Labute approximate surface area is 164 Å². The molecule has 0 radical (unpaired) electrons. The summed E-state index contributed by atoms with van der Waals surface area (Å²) in [5.74, 6) is -0.206. The van der Waals surface area contributed by atoms with E-state index in [2.05, 4.69) is 29.4 Å². The molecule has 1 aliphatic rings. The van der Waals surface area contributed by atoms with Crippen LogP contribution in [-0.2, 0) is 4.79 Å². The Morgan fingerprint density at radius 1 is 1.07 bits per heavy atom. The monoisotopic (exact) mass is 385 g/mol. The standard InChI is InChI=1S/C21H24ClN3O2/c1-24-13-14-25(19(15-24)16-7-3-2-4-8-16)20(26)11-12-23-21(27)17-9-5-6-10-18(17)22/h2-10,19H,11-15H2,1H3,(H,23,27)/t19-/m1/s1. The zero-order valence-corrected chi connectivity index (χ0v) is 16.2. The largest absolute Gasteiger partial charge is 0.351 e. The predicted octanol–water partition coefficient (Wildman–Crippen LogP) is 2.98. The number of carbonyl (C=O) groups excluding carboxylic acids is 2. The van der Waals surface area contributed by atoms with Crippen molar-refractivity contribution >= 4 is 23.4 Å². The van der Waals surface area contributed by atoms with E-state index in [1.807, 2.05) is 23.1 Å². The fourth-order valence-electron chi connectivity index (χ4n) is 3.35. The van der Waals surface area contributed by atoms with E-state index < -0.39 is 0 Å². The fourth-order valence-corrected chi connectivity index (χ4v) is 3.57. The third-order valence-electron chi connectivity index (χ3n) is 4.83. The van der Waals surface area contributed by atoms with Crippen molar-refractivity contribution in [2.75, 3.05) is 33.2 Å². The molecule has 6 heteroatoms. The number of halogens is 1. The molecule has 0 saturated carbocycles. The van der Waals surface area contributed by atoms with Crippen molar-refractivity contribution in [2.24, 2.45) is 0 Å². The first-order chi connectivity index (χ1) is 13.1. The average molecular weight is 386 g/mol. The van der Waals surface area contributed by atoms with E-state index in [4.69, 9.17) is 11.6 Å². The maximum Gasteiger partial charge on any atom is 0.252 e. The summed E-state index contributed by atoms with van der Waals surface area (Å²) in [5.41, 5.74) is 1.56. The molecule has 5 nitrogen and oxygen atoms in total. The molecule has 2 aromatic carbocycles. The zero-order valence-electron chi connectivity index (χ0n) is 15.4. The summed E-state index contributed by atoms with van der Waals surface area (Å²) in [6, 6.07) is 17.0. The number of hydrogen-bond donors (Lipinski definition) is 1. The number of benzene rings is 2. The average Bonchev–Trinajstić information content (AvgIpc) is 2.68. The van der Waals surface area contributed by atoms with Crippen LogP contribution in [0, 0.1) is 0 Å². The minimum absolute atomic E-state index is 0.0386. The highest BCUT2D eigenvalue weighted by Crippen LogP contribution is 2.25. The molecule has 27 heavy (non-hydrogen) atoms. The van der Waals surface area contributed by atoms with Gasteiger partial charge in [0.25, 0.3) is 5.91 Å². The quantitative estimate of drug-likeness (QED) is 0.860.